The summed E-state index contributed by atoms with van der Waals surface area (Å²) in [5.74, 6) is -0.173. The first kappa shape index (κ1) is 12.5. The summed E-state index contributed by atoms with van der Waals surface area (Å²) >= 11 is 1.69. The number of aromatic nitrogens is 1. The van der Waals surface area contributed by atoms with E-state index in [4.69, 9.17) is 5.11 Å². The molecule has 1 aliphatic rings. The number of thiazole rings is 1. The molecule has 17 heavy (non-hydrogen) atoms. The van der Waals surface area contributed by atoms with E-state index in [1.54, 1.807) is 11.3 Å². The van der Waals surface area contributed by atoms with Gasteiger partial charge in [-0.15, -0.1) is 11.3 Å². The molecule has 5 heteroatoms. The summed E-state index contributed by atoms with van der Waals surface area (Å²) in [5, 5.41) is 11.8. The molecule has 0 atom stereocenters. The van der Waals surface area contributed by atoms with E-state index in [0.717, 1.165) is 18.8 Å². The van der Waals surface area contributed by atoms with Crippen molar-refractivity contribution in [1.82, 2.24) is 9.88 Å². The Bertz CT molecular complexity index is 384. The smallest absolute Gasteiger partial charge is 0.303 e. The first-order valence-electron chi connectivity index (χ1n) is 6.00. The van der Waals surface area contributed by atoms with Gasteiger partial charge in [0.2, 0.25) is 0 Å². The molecule has 0 saturated carbocycles. The number of piperidine rings is 1. The van der Waals surface area contributed by atoms with Crippen molar-refractivity contribution in [1.29, 1.82) is 0 Å². The molecule has 2 heterocycles. The van der Waals surface area contributed by atoms with E-state index < -0.39 is 5.97 Å². The first-order chi connectivity index (χ1) is 8.15. The van der Waals surface area contributed by atoms with Crippen molar-refractivity contribution in [2.24, 2.45) is 0 Å². The van der Waals surface area contributed by atoms with E-state index in [1.165, 1.54) is 17.8 Å². The predicted octanol–water partition coefficient (Wildman–Crippen LogP) is 1.97. The highest BCUT2D eigenvalue weighted by Gasteiger charge is 2.21. The summed E-state index contributed by atoms with van der Waals surface area (Å²) in [5.41, 5.74) is 0.936. The lowest BCUT2D eigenvalue weighted by Gasteiger charge is -2.27. The molecule has 1 N–H and O–H groups in total. The monoisotopic (exact) mass is 254 g/mol. The van der Waals surface area contributed by atoms with Crippen LogP contribution in [0.2, 0.25) is 0 Å². The average molecular weight is 254 g/mol. The standard InChI is InChI=1S/C12H18N2O2S/c1-14-6-4-9(5-7-14)12-13-10(8-17-12)2-3-11(15)16/h8-9H,2-7H2,1H3,(H,15,16). The average Bonchev–Trinajstić information content (AvgIpc) is 2.76. The van der Waals surface area contributed by atoms with Gasteiger partial charge in [-0.25, -0.2) is 4.98 Å². The Balaban J connectivity index is 1.91. The van der Waals surface area contributed by atoms with E-state index in [-0.39, 0.29) is 6.42 Å². The number of hydrogen-bond acceptors (Lipinski definition) is 4. The molecular formula is C12H18N2O2S. The molecular weight excluding hydrogens is 236 g/mol. The molecule has 0 bridgehead atoms. The molecule has 2 rings (SSSR count). The van der Waals surface area contributed by atoms with Crippen LogP contribution in [0.1, 0.15) is 35.9 Å². The molecule has 0 radical (unpaired) electrons. The predicted molar refractivity (Wildman–Crippen MR) is 67.5 cm³/mol. The van der Waals surface area contributed by atoms with Crippen molar-refractivity contribution < 1.29 is 9.90 Å². The van der Waals surface area contributed by atoms with Crippen LogP contribution in [0.4, 0.5) is 0 Å². The summed E-state index contributed by atoms with van der Waals surface area (Å²) in [4.78, 5) is 17.4. The molecule has 0 unspecified atom stereocenters. The van der Waals surface area contributed by atoms with E-state index >= 15 is 0 Å². The van der Waals surface area contributed by atoms with E-state index in [0.29, 0.717) is 12.3 Å². The van der Waals surface area contributed by atoms with Crippen molar-refractivity contribution in [3.05, 3.63) is 16.1 Å². The van der Waals surface area contributed by atoms with Gasteiger partial charge in [0.05, 0.1) is 17.1 Å². The molecule has 0 amide bonds. The van der Waals surface area contributed by atoms with E-state index in [1.807, 2.05) is 5.38 Å². The summed E-state index contributed by atoms with van der Waals surface area (Å²) in [6.07, 6.45) is 3.07. The third-order valence-corrected chi connectivity index (χ3v) is 4.29. The van der Waals surface area contributed by atoms with Crippen molar-refractivity contribution in [2.75, 3.05) is 20.1 Å². The first-order valence-corrected chi connectivity index (χ1v) is 6.88. The summed E-state index contributed by atoms with van der Waals surface area (Å²) in [6, 6.07) is 0. The topological polar surface area (TPSA) is 53.4 Å². The minimum atomic E-state index is -0.751. The van der Waals surface area contributed by atoms with Crippen LogP contribution >= 0.6 is 11.3 Å². The number of hydrogen-bond donors (Lipinski definition) is 1. The zero-order valence-electron chi connectivity index (χ0n) is 10.1. The zero-order chi connectivity index (χ0) is 12.3. The van der Waals surface area contributed by atoms with Gasteiger partial charge in [-0.3, -0.25) is 4.79 Å². The van der Waals surface area contributed by atoms with Crippen LogP contribution < -0.4 is 0 Å². The van der Waals surface area contributed by atoms with Crippen molar-refractivity contribution in [3.8, 4) is 0 Å². The molecule has 1 aromatic heterocycles. The molecule has 1 fully saturated rings. The Labute approximate surface area is 105 Å². The Hall–Kier alpha value is -0.940. The fraction of sp³-hybridized carbons (Fsp3) is 0.667. The number of aryl methyl sites for hydroxylation is 1. The molecule has 1 aliphatic heterocycles. The van der Waals surface area contributed by atoms with Gasteiger partial charge in [-0.2, -0.15) is 0 Å². The number of carboxylic acids is 1. The van der Waals surface area contributed by atoms with Crippen LogP contribution in [-0.4, -0.2) is 41.1 Å². The van der Waals surface area contributed by atoms with Crippen LogP contribution in [0.3, 0.4) is 0 Å². The highest BCUT2D eigenvalue weighted by molar-refractivity contribution is 7.09. The molecule has 1 saturated heterocycles. The van der Waals surface area contributed by atoms with Gasteiger partial charge in [0, 0.05) is 17.7 Å². The molecule has 0 aromatic carbocycles. The minimum absolute atomic E-state index is 0.177. The molecule has 94 valence electrons. The van der Waals surface area contributed by atoms with Crippen LogP contribution in [-0.2, 0) is 11.2 Å². The molecule has 0 spiro atoms. The lowest BCUT2D eigenvalue weighted by Crippen LogP contribution is -2.29. The molecule has 0 aliphatic carbocycles. The van der Waals surface area contributed by atoms with Gasteiger partial charge in [0.15, 0.2) is 0 Å². The quantitative estimate of drug-likeness (QED) is 0.892. The number of likely N-dealkylation sites (tertiary alicyclic amines) is 1. The normalized spacial score (nSPS) is 18.4. The Morgan fingerprint density at radius 3 is 2.94 bits per heavy atom. The maximum Gasteiger partial charge on any atom is 0.303 e. The zero-order valence-corrected chi connectivity index (χ0v) is 10.9. The third-order valence-electron chi connectivity index (χ3n) is 3.23. The largest absolute Gasteiger partial charge is 0.481 e. The Kier molecular flexibility index (Phi) is 4.12. The Morgan fingerprint density at radius 2 is 2.29 bits per heavy atom. The van der Waals surface area contributed by atoms with Gasteiger partial charge in [-0.05, 0) is 33.0 Å². The number of aliphatic carboxylic acids is 1. The van der Waals surface area contributed by atoms with Gasteiger partial charge in [0.25, 0.3) is 0 Å². The van der Waals surface area contributed by atoms with Gasteiger partial charge < -0.3 is 10.0 Å². The summed E-state index contributed by atoms with van der Waals surface area (Å²) in [7, 11) is 2.15. The maximum atomic E-state index is 10.5. The molecule has 1 aromatic rings. The third kappa shape index (κ3) is 3.51. The van der Waals surface area contributed by atoms with Crippen molar-refractivity contribution >= 4 is 17.3 Å². The lowest BCUT2D eigenvalue weighted by molar-refractivity contribution is -0.136. The van der Waals surface area contributed by atoms with Crippen molar-refractivity contribution in [2.45, 2.75) is 31.6 Å². The second-order valence-corrected chi connectivity index (χ2v) is 5.54. The highest BCUT2D eigenvalue weighted by atomic mass is 32.1. The fourth-order valence-corrected chi connectivity index (χ4v) is 3.14. The van der Waals surface area contributed by atoms with Gasteiger partial charge in [0.1, 0.15) is 0 Å². The lowest BCUT2D eigenvalue weighted by atomic mass is 9.98. The highest BCUT2D eigenvalue weighted by Crippen LogP contribution is 2.29. The number of rotatable bonds is 4. The maximum absolute atomic E-state index is 10.5. The van der Waals surface area contributed by atoms with Gasteiger partial charge in [-0.1, -0.05) is 0 Å². The van der Waals surface area contributed by atoms with Crippen LogP contribution in [0.5, 0.6) is 0 Å². The van der Waals surface area contributed by atoms with E-state index in [2.05, 4.69) is 16.9 Å². The number of carboxylic acid groups (broad SMARTS) is 1. The molecule has 4 nitrogen and oxygen atoms in total. The van der Waals surface area contributed by atoms with Crippen LogP contribution in [0, 0.1) is 0 Å². The van der Waals surface area contributed by atoms with Crippen LogP contribution in [0.25, 0.3) is 0 Å². The van der Waals surface area contributed by atoms with Crippen molar-refractivity contribution in [3.63, 3.8) is 0 Å². The number of carbonyl (C=O) groups is 1. The van der Waals surface area contributed by atoms with Crippen LogP contribution in [0.15, 0.2) is 5.38 Å². The van der Waals surface area contributed by atoms with Gasteiger partial charge >= 0.3 is 5.97 Å². The van der Waals surface area contributed by atoms with E-state index in [9.17, 15) is 4.79 Å². The SMILES string of the molecule is CN1CCC(c2nc(CCC(=O)O)cs2)CC1. The second-order valence-electron chi connectivity index (χ2n) is 4.65. The minimum Gasteiger partial charge on any atom is -0.481 e. The summed E-state index contributed by atoms with van der Waals surface area (Å²) < 4.78 is 0. The Morgan fingerprint density at radius 1 is 1.59 bits per heavy atom. The fourth-order valence-electron chi connectivity index (χ4n) is 2.12. The number of nitrogens with zero attached hydrogens (tertiary/aromatic N) is 2. The summed E-state index contributed by atoms with van der Waals surface area (Å²) in [6.45, 7) is 2.27. The second kappa shape index (κ2) is 5.60.